The van der Waals surface area contributed by atoms with Gasteiger partial charge < -0.3 is 10.1 Å². The van der Waals surface area contributed by atoms with Gasteiger partial charge >= 0.3 is 5.97 Å². The highest BCUT2D eigenvalue weighted by Gasteiger charge is 2.19. The Labute approximate surface area is 121 Å². The van der Waals surface area contributed by atoms with Crippen molar-refractivity contribution in [3.05, 3.63) is 0 Å². The molecule has 0 radical (unpaired) electrons. The molecular weight excluding hydrogens is 282 g/mol. The minimum atomic E-state index is -0.250. The summed E-state index contributed by atoms with van der Waals surface area (Å²) in [5, 5.41) is 12.3. The lowest BCUT2D eigenvalue weighted by molar-refractivity contribution is -0.139. The zero-order valence-electron chi connectivity index (χ0n) is 11.2. The molecule has 0 amide bonds. The molecule has 1 heterocycles. The van der Waals surface area contributed by atoms with E-state index in [0.717, 1.165) is 9.47 Å². The number of methoxy groups -OCH3 is 1. The van der Waals surface area contributed by atoms with Gasteiger partial charge in [0, 0.05) is 6.04 Å². The average molecular weight is 301 g/mol. The van der Waals surface area contributed by atoms with Gasteiger partial charge in [0.15, 0.2) is 4.34 Å². The molecule has 5 nitrogen and oxygen atoms in total. The van der Waals surface area contributed by atoms with E-state index in [-0.39, 0.29) is 11.2 Å². The molecule has 1 unspecified atom stereocenters. The zero-order valence-corrected chi connectivity index (χ0v) is 12.9. The second kappa shape index (κ2) is 7.09. The first-order valence-corrected chi connectivity index (χ1v) is 8.23. The summed E-state index contributed by atoms with van der Waals surface area (Å²) in [5.74, 6) is -0.234. The monoisotopic (exact) mass is 301 g/mol. The molecule has 0 aliphatic heterocycles. The molecule has 1 aliphatic carbocycles. The number of ether oxygens (including phenoxy) is 1. The second-order valence-electron chi connectivity index (χ2n) is 4.64. The number of carbonyl (C=O) groups excluding carboxylic acids is 1. The summed E-state index contributed by atoms with van der Waals surface area (Å²) < 4.78 is 5.50. The van der Waals surface area contributed by atoms with Gasteiger partial charge in [0.05, 0.1) is 7.11 Å². The van der Waals surface area contributed by atoms with E-state index >= 15 is 0 Å². The van der Waals surface area contributed by atoms with E-state index in [2.05, 4.69) is 15.5 Å². The number of carbonyl (C=O) groups is 1. The van der Waals surface area contributed by atoms with Crippen LogP contribution < -0.4 is 5.32 Å². The summed E-state index contributed by atoms with van der Waals surface area (Å²) in [7, 11) is 1.40. The van der Waals surface area contributed by atoms with Gasteiger partial charge in [-0.15, -0.1) is 10.2 Å². The Bertz CT molecular complexity index is 419. The van der Waals surface area contributed by atoms with Crippen molar-refractivity contribution in [2.75, 3.05) is 12.4 Å². The quantitative estimate of drug-likeness (QED) is 0.666. The van der Waals surface area contributed by atoms with Gasteiger partial charge in [-0.3, -0.25) is 4.79 Å². The number of hydrogen-bond donors (Lipinski definition) is 1. The summed E-state index contributed by atoms with van der Waals surface area (Å²) in [5.41, 5.74) is 0. The van der Waals surface area contributed by atoms with E-state index in [1.807, 2.05) is 6.92 Å². The van der Waals surface area contributed by atoms with Gasteiger partial charge in [-0.1, -0.05) is 42.4 Å². The normalized spacial score (nSPS) is 18.0. The number of nitrogens with one attached hydrogen (secondary N) is 1. The van der Waals surface area contributed by atoms with Crippen LogP contribution in [0.25, 0.3) is 0 Å². The van der Waals surface area contributed by atoms with Gasteiger partial charge in [0.25, 0.3) is 0 Å². The minimum Gasteiger partial charge on any atom is -0.468 e. The van der Waals surface area contributed by atoms with Crippen LogP contribution >= 0.6 is 23.1 Å². The first-order valence-electron chi connectivity index (χ1n) is 6.53. The SMILES string of the molecule is COC(=O)C(C)Sc1nnc(NC2CCCCC2)s1. The summed E-state index contributed by atoms with van der Waals surface area (Å²) in [6, 6.07) is 0.526. The van der Waals surface area contributed by atoms with Gasteiger partial charge in [-0.25, -0.2) is 0 Å². The van der Waals surface area contributed by atoms with Crippen LogP contribution in [0.5, 0.6) is 0 Å². The van der Waals surface area contributed by atoms with Crippen molar-refractivity contribution in [2.45, 2.75) is 54.7 Å². The number of aromatic nitrogens is 2. The maximum atomic E-state index is 11.3. The summed E-state index contributed by atoms with van der Waals surface area (Å²) >= 11 is 2.89. The fourth-order valence-electron chi connectivity index (χ4n) is 2.10. The van der Waals surface area contributed by atoms with Crippen LogP contribution in [-0.2, 0) is 9.53 Å². The summed E-state index contributed by atoms with van der Waals surface area (Å²) in [6.45, 7) is 1.81. The van der Waals surface area contributed by atoms with Crippen LogP contribution in [0.15, 0.2) is 4.34 Å². The lowest BCUT2D eigenvalue weighted by Gasteiger charge is -2.21. The smallest absolute Gasteiger partial charge is 0.318 e. The van der Waals surface area contributed by atoms with Crippen LogP contribution in [0.3, 0.4) is 0 Å². The van der Waals surface area contributed by atoms with E-state index in [4.69, 9.17) is 4.74 Å². The van der Waals surface area contributed by atoms with Crippen LogP contribution in [0.4, 0.5) is 5.13 Å². The lowest BCUT2D eigenvalue weighted by atomic mass is 9.96. The predicted molar refractivity (Wildman–Crippen MR) is 77.7 cm³/mol. The van der Waals surface area contributed by atoms with Crippen LogP contribution in [-0.4, -0.2) is 34.6 Å². The highest BCUT2D eigenvalue weighted by Crippen LogP contribution is 2.30. The molecule has 1 aromatic heterocycles. The Morgan fingerprint density at radius 3 is 2.84 bits per heavy atom. The molecule has 1 aliphatic rings. The standard InChI is InChI=1S/C12H19N3O2S2/c1-8(10(16)17-2)18-12-15-14-11(19-12)13-9-6-4-3-5-7-9/h8-9H,3-7H2,1-2H3,(H,13,14). The van der Waals surface area contributed by atoms with Gasteiger partial charge in [-0.05, 0) is 19.8 Å². The lowest BCUT2D eigenvalue weighted by Crippen LogP contribution is -2.21. The van der Waals surface area contributed by atoms with Crippen LogP contribution in [0.1, 0.15) is 39.0 Å². The van der Waals surface area contributed by atoms with E-state index in [9.17, 15) is 4.79 Å². The average Bonchev–Trinajstić information content (AvgIpc) is 2.86. The van der Waals surface area contributed by atoms with Crippen molar-refractivity contribution in [1.82, 2.24) is 10.2 Å². The molecular formula is C12H19N3O2S2. The minimum absolute atomic E-state index is 0.234. The molecule has 1 N–H and O–H groups in total. The first-order chi connectivity index (χ1) is 9.19. The van der Waals surface area contributed by atoms with E-state index in [0.29, 0.717) is 6.04 Å². The topological polar surface area (TPSA) is 64.1 Å². The number of hydrogen-bond acceptors (Lipinski definition) is 7. The third kappa shape index (κ3) is 4.35. The highest BCUT2D eigenvalue weighted by atomic mass is 32.2. The van der Waals surface area contributed by atoms with Crippen LogP contribution in [0.2, 0.25) is 0 Å². The second-order valence-corrected chi connectivity index (χ2v) is 7.20. The number of esters is 1. The van der Waals surface area contributed by atoms with Crippen molar-refractivity contribution < 1.29 is 9.53 Å². The number of thioether (sulfide) groups is 1. The van der Waals surface area contributed by atoms with Crippen molar-refractivity contribution in [1.29, 1.82) is 0 Å². The molecule has 1 fully saturated rings. The molecule has 1 saturated carbocycles. The third-order valence-electron chi connectivity index (χ3n) is 3.15. The highest BCUT2D eigenvalue weighted by molar-refractivity contribution is 8.02. The van der Waals surface area contributed by atoms with Gasteiger partial charge in [0.2, 0.25) is 5.13 Å². The number of anilines is 1. The van der Waals surface area contributed by atoms with E-state index in [1.54, 1.807) is 0 Å². The van der Waals surface area contributed by atoms with Crippen molar-refractivity contribution >= 4 is 34.2 Å². The van der Waals surface area contributed by atoms with Gasteiger partial charge in [-0.2, -0.15) is 0 Å². The maximum absolute atomic E-state index is 11.3. The number of nitrogens with zero attached hydrogens (tertiary/aromatic N) is 2. The van der Waals surface area contributed by atoms with Crippen LogP contribution in [0, 0.1) is 0 Å². The first kappa shape index (κ1) is 14.6. The molecule has 0 bridgehead atoms. The Hall–Kier alpha value is -0.820. The van der Waals surface area contributed by atoms with Crippen molar-refractivity contribution in [2.24, 2.45) is 0 Å². The Morgan fingerprint density at radius 2 is 2.16 bits per heavy atom. The van der Waals surface area contributed by atoms with Gasteiger partial charge in [0.1, 0.15) is 5.25 Å². The Kier molecular flexibility index (Phi) is 5.45. The molecule has 1 atom stereocenters. The predicted octanol–water partition coefficient (Wildman–Crippen LogP) is 2.94. The van der Waals surface area contributed by atoms with Crippen molar-refractivity contribution in [3.63, 3.8) is 0 Å². The molecule has 2 rings (SSSR count). The molecule has 0 aromatic carbocycles. The summed E-state index contributed by atoms with van der Waals surface area (Å²) in [6.07, 6.45) is 6.34. The fourth-order valence-corrected chi connectivity index (χ4v) is 4.10. The molecule has 19 heavy (non-hydrogen) atoms. The molecule has 7 heteroatoms. The Balaban J connectivity index is 1.86. The molecule has 1 aromatic rings. The zero-order chi connectivity index (χ0) is 13.7. The Morgan fingerprint density at radius 1 is 1.42 bits per heavy atom. The molecule has 0 spiro atoms. The molecule has 106 valence electrons. The van der Waals surface area contributed by atoms with Crippen molar-refractivity contribution in [3.8, 4) is 0 Å². The van der Waals surface area contributed by atoms with E-state index < -0.39 is 0 Å². The third-order valence-corrected chi connectivity index (χ3v) is 5.17. The van der Waals surface area contributed by atoms with E-state index in [1.165, 1.54) is 62.3 Å². The largest absolute Gasteiger partial charge is 0.468 e. The maximum Gasteiger partial charge on any atom is 0.318 e. The molecule has 0 saturated heterocycles. The summed E-state index contributed by atoms with van der Waals surface area (Å²) in [4.78, 5) is 11.3. The fraction of sp³-hybridized carbons (Fsp3) is 0.750. The number of rotatable bonds is 5.